The first-order valence-corrected chi connectivity index (χ1v) is 7.95. The Kier molecular flexibility index (Phi) is 3.46. The van der Waals surface area contributed by atoms with Crippen molar-refractivity contribution >= 4 is 12.0 Å². The van der Waals surface area contributed by atoms with Crippen molar-refractivity contribution in [2.24, 2.45) is 10.7 Å². The monoisotopic (exact) mass is 301 g/mol. The number of nitrogens with two attached hydrogens (primary N) is 1. The van der Waals surface area contributed by atoms with Crippen LogP contribution in [0.2, 0.25) is 0 Å². The van der Waals surface area contributed by atoms with Crippen LogP contribution in [0.1, 0.15) is 30.0 Å². The van der Waals surface area contributed by atoms with Gasteiger partial charge in [-0.3, -0.25) is 0 Å². The summed E-state index contributed by atoms with van der Waals surface area (Å²) in [6, 6.07) is 20.8. The fraction of sp³-hybridized carbons (Fsp3) is 0.150. The molecule has 114 valence electrons. The highest BCUT2D eigenvalue weighted by atomic mass is 15.1. The molecule has 2 aromatic rings. The number of aliphatic imine (C=N–C) groups is 1. The second-order valence-corrected chi connectivity index (χ2v) is 5.93. The summed E-state index contributed by atoms with van der Waals surface area (Å²) in [5.41, 5.74) is 12.3. The third-order valence-electron chi connectivity index (χ3n) is 4.41. The van der Waals surface area contributed by atoms with E-state index in [0.717, 1.165) is 18.5 Å². The summed E-state index contributed by atoms with van der Waals surface area (Å²) < 4.78 is 0. The Balaban J connectivity index is 1.74. The Labute approximate surface area is 136 Å². The number of rotatable bonds is 2. The molecule has 2 aliphatic rings. The third kappa shape index (κ3) is 2.66. The van der Waals surface area contributed by atoms with E-state index in [4.69, 9.17) is 5.73 Å². The van der Waals surface area contributed by atoms with Crippen molar-refractivity contribution in [2.45, 2.75) is 18.9 Å². The molecule has 0 spiro atoms. The van der Waals surface area contributed by atoms with Gasteiger partial charge < -0.3 is 11.1 Å². The van der Waals surface area contributed by atoms with Crippen LogP contribution in [0.4, 0.5) is 0 Å². The Morgan fingerprint density at radius 2 is 1.65 bits per heavy atom. The number of nitrogens with zero attached hydrogens (tertiary/aromatic N) is 1. The van der Waals surface area contributed by atoms with Crippen LogP contribution in [0.15, 0.2) is 82.5 Å². The Morgan fingerprint density at radius 3 is 2.39 bits per heavy atom. The molecule has 0 aromatic heterocycles. The topological polar surface area (TPSA) is 50.4 Å². The van der Waals surface area contributed by atoms with E-state index in [9.17, 15) is 0 Å². The minimum Gasteiger partial charge on any atom is -0.370 e. The maximum absolute atomic E-state index is 6.05. The van der Waals surface area contributed by atoms with Crippen molar-refractivity contribution in [3.8, 4) is 0 Å². The van der Waals surface area contributed by atoms with E-state index in [2.05, 4.69) is 64.9 Å². The molecule has 0 bridgehead atoms. The lowest BCUT2D eigenvalue weighted by Crippen LogP contribution is -2.35. The molecule has 0 fully saturated rings. The van der Waals surface area contributed by atoms with E-state index in [1.54, 1.807) is 0 Å². The van der Waals surface area contributed by atoms with Gasteiger partial charge in [-0.15, -0.1) is 0 Å². The minimum atomic E-state index is 0.0362. The molecule has 1 aliphatic heterocycles. The number of benzene rings is 2. The predicted octanol–water partition coefficient (Wildman–Crippen LogP) is 3.78. The second-order valence-electron chi connectivity index (χ2n) is 5.93. The number of hydrogen-bond acceptors (Lipinski definition) is 3. The van der Waals surface area contributed by atoms with Gasteiger partial charge >= 0.3 is 0 Å². The van der Waals surface area contributed by atoms with Crippen molar-refractivity contribution in [1.82, 2.24) is 5.32 Å². The maximum atomic E-state index is 6.05. The molecule has 3 nitrogen and oxygen atoms in total. The first-order valence-electron chi connectivity index (χ1n) is 7.95. The summed E-state index contributed by atoms with van der Waals surface area (Å²) in [5, 5.41) is 3.29. The molecule has 0 saturated heterocycles. The summed E-state index contributed by atoms with van der Waals surface area (Å²) >= 11 is 0. The zero-order valence-electron chi connectivity index (χ0n) is 12.9. The molecule has 1 heterocycles. The highest BCUT2D eigenvalue weighted by Crippen LogP contribution is 2.41. The molecule has 1 atom stereocenters. The van der Waals surface area contributed by atoms with Crippen LogP contribution in [0, 0.1) is 0 Å². The molecule has 1 unspecified atom stereocenters. The molecule has 3 heteroatoms. The van der Waals surface area contributed by atoms with Gasteiger partial charge in [-0.05, 0) is 41.2 Å². The van der Waals surface area contributed by atoms with Crippen LogP contribution in [-0.4, -0.2) is 5.96 Å². The maximum Gasteiger partial charge on any atom is 0.194 e. The van der Waals surface area contributed by atoms with Crippen LogP contribution >= 0.6 is 0 Å². The summed E-state index contributed by atoms with van der Waals surface area (Å²) in [5.74, 6) is 0.499. The molecular formula is C20H19N3. The first-order chi connectivity index (χ1) is 11.3. The lowest BCUT2D eigenvalue weighted by molar-refractivity contribution is 0.765. The van der Waals surface area contributed by atoms with Gasteiger partial charge in [-0.2, -0.15) is 0 Å². The van der Waals surface area contributed by atoms with Crippen LogP contribution in [-0.2, 0) is 0 Å². The standard InChI is InChI=1S/C20H19N3/c21-20-22-18(15-9-5-2-6-10-15)17-12-11-16(19(17)23-20)13-14-7-3-1-4-8-14/h1-10,13,18H,11-12H2,(H3,21,22,23). The molecule has 0 radical (unpaired) electrons. The molecule has 4 rings (SSSR count). The van der Waals surface area contributed by atoms with Gasteiger partial charge in [0.1, 0.15) is 6.04 Å². The molecule has 0 saturated carbocycles. The first kappa shape index (κ1) is 13.8. The number of nitrogens with one attached hydrogen (secondary N) is 1. The van der Waals surface area contributed by atoms with Gasteiger partial charge in [0.15, 0.2) is 5.96 Å². The summed E-state index contributed by atoms with van der Waals surface area (Å²) in [7, 11) is 0. The van der Waals surface area contributed by atoms with Gasteiger partial charge in [0.2, 0.25) is 0 Å². The fourth-order valence-corrected chi connectivity index (χ4v) is 3.34. The van der Waals surface area contributed by atoms with E-state index in [-0.39, 0.29) is 6.04 Å². The van der Waals surface area contributed by atoms with E-state index in [1.807, 2.05) is 12.1 Å². The van der Waals surface area contributed by atoms with Crippen molar-refractivity contribution in [2.75, 3.05) is 0 Å². The molecule has 2 aromatic carbocycles. The summed E-state index contributed by atoms with van der Waals surface area (Å²) in [6.45, 7) is 0. The molecule has 3 N–H and O–H groups in total. The summed E-state index contributed by atoms with van der Waals surface area (Å²) in [4.78, 5) is 4.63. The highest BCUT2D eigenvalue weighted by molar-refractivity contribution is 5.84. The smallest absolute Gasteiger partial charge is 0.194 e. The predicted molar refractivity (Wildman–Crippen MR) is 94.6 cm³/mol. The third-order valence-corrected chi connectivity index (χ3v) is 4.41. The number of guanidine groups is 1. The lowest BCUT2D eigenvalue weighted by Gasteiger charge is -2.23. The number of allylic oxidation sites excluding steroid dienone is 1. The van der Waals surface area contributed by atoms with Gasteiger partial charge in [-0.1, -0.05) is 60.7 Å². The fourth-order valence-electron chi connectivity index (χ4n) is 3.34. The van der Waals surface area contributed by atoms with E-state index >= 15 is 0 Å². The Morgan fingerprint density at radius 1 is 0.957 bits per heavy atom. The Hall–Kier alpha value is -2.81. The normalized spacial score (nSPS) is 21.8. The van der Waals surface area contributed by atoms with E-state index in [0.29, 0.717) is 5.96 Å². The van der Waals surface area contributed by atoms with E-state index in [1.165, 1.54) is 22.3 Å². The van der Waals surface area contributed by atoms with Crippen molar-refractivity contribution in [3.05, 3.63) is 88.6 Å². The largest absolute Gasteiger partial charge is 0.370 e. The van der Waals surface area contributed by atoms with Crippen LogP contribution in [0.3, 0.4) is 0 Å². The average molecular weight is 301 g/mol. The zero-order chi connectivity index (χ0) is 15.6. The van der Waals surface area contributed by atoms with Crippen LogP contribution in [0.25, 0.3) is 6.08 Å². The molecule has 23 heavy (non-hydrogen) atoms. The zero-order valence-corrected chi connectivity index (χ0v) is 12.9. The molecular weight excluding hydrogens is 282 g/mol. The average Bonchev–Trinajstić information content (AvgIpc) is 2.99. The second kappa shape index (κ2) is 5.76. The minimum absolute atomic E-state index is 0.0362. The lowest BCUT2D eigenvalue weighted by atomic mass is 9.97. The highest BCUT2D eigenvalue weighted by Gasteiger charge is 2.30. The van der Waals surface area contributed by atoms with E-state index < -0.39 is 0 Å². The van der Waals surface area contributed by atoms with Crippen molar-refractivity contribution in [3.63, 3.8) is 0 Å². The molecule has 1 aliphatic carbocycles. The van der Waals surface area contributed by atoms with Gasteiger partial charge in [0.25, 0.3) is 0 Å². The molecule has 0 amide bonds. The van der Waals surface area contributed by atoms with Crippen LogP contribution < -0.4 is 11.1 Å². The summed E-state index contributed by atoms with van der Waals surface area (Å²) in [6.07, 6.45) is 4.30. The van der Waals surface area contributed by atoms with Gasteiger partial charge in [0.05, 0.1) is 0 Å². The SMILES string of the molecule is NC1=NC(c2ccccc2)C2=C(N1)C(=Cc1ccccc1)CC2. The van der Waals surface area contributed by atoms with Crippen LogP contribution in [0.5, 0.6) is 0 Å². The Bertz CT molecular complexity index is 801. The van der Waals surface area contributed by atoms with Gasteiger partial charge in [-0.25, -0.2) is 4.99 Å². The van der Waals surface area contributed by atoms with Gasteiger partial charge in [0, 0.05) is 5.70 Å². The van der Waals surface area contributed by atoms with Crippen molar-refractivity contribution in [1.29, 1.82) is 0 Å². The van der Waals surface area contributed by atoms with Crippen molar-refractivity contribution < 1.29 is 0 Å². The number of hydrogen-bond donors (Lipinski definition) is 2. The quantitative estimate of drug-likeness (QED) is 0.887.